The molecule has 0 bridgehead atoms. The van der Waals surface area contributed by atoms with Gasteiger partial charge in [0, 0.05) is 24.8 Å². The summed E-state index contributed by atoms with van der Waals surface area (Å²) in [4.78, 5) is 13.0. The molecule has 0 aliphatic carbocycles. The summed E-state index contributed by atoms with van der Waals surface area (Å²) in [7, 11) is -3.85. The molecule has 0 saturated heterocycles. The molecule has 1 N–H and O–H groups in total. The van der Waals surface area contributed by atoms with Gasteiger partial charge in [0.1, 0.15) is 5.82 Å². The largest absolute Gasteiger partial charge is 0.312 e. The number of hydrogen-bond donors (Lipinski definition) is 1. The average molecular weight is 334 g/mol. The quantitative estimate of drug-likeness (QED) is 0.938. The maximum absolute atomic E-state index is 13.2. The van der Waals surface area contributed by atoms with E-state index in [2.05, 4.69) is 4.72 Å². The first-order valence-electron chi connectivity index (χ1n) is 7.06. The highest BCUT2D eigenvalue weighted by atomic mass is 32.2. The molecule has 1 amide bonds. The molecule has 0 radical (unpaired) electrons. The van der Waals surface area contributed by atoms with Crippen LogP contribution in [-0.2, 0) is 21.2 Å². The summed E-state index contributed by atoms with van der Waals surface area (Å²) in [6.07, 6.45) is 0.671. The van der Waals surface area contributed by atoms with Crippen LogP contribution in [0.5, 0.6) is 0 Å². The predicted octanol–water partition coefficient (Wildman–Crippen LogP) is 2.54. The lowest BCUT2D eigenvalue weighted by molar-refractivity contribution is -0.116. The van der Waals surface area contributed by atoms with Gasteiger partial charge in [0.25, 0.3) is 10.0 Å². The lowest BCUT2D eigenvalue weighted by Crippen LogP contribution is -2.25. The normalized spacial score (nSPS) is 13.7. The second-order valence-electron chi connectivity index (χ2n) is 5.33. The highest BCUT2D eigenvalue weighted by Gasteiger charge is 2.23. The molecule has 0 saturated carbocycles. The smallest absolute Gasteiger partial charge is 0.261 e. The Hall–Kier alpha value is -2.41. The first kappa shape index (κ1) is 15.5. The fourth-order valence-corrected chi connectivity index (χ4v) is 3.72. The zero-order valence-corrected chi connectivity index (χ0v) is 13.2. The Balaban J connectivity index is 1.88. The Morgan fingerprint density at radius 2 is 2.00 bits per heavy atom. The second kappa shape index (κ2) is 5.66. The van der Waals surface area contributed by atoms with Crippen molar-refractivity contribution in [2.75, 3.05) is 16.2 Å². The maximum Gasteiger partial charge on any atom is 0.261 e. The fourth-order valence-electron chi connectivity index (χ4n) is 2.64. The number of fused-ring (bicyclic) bond motifs is 1. The molecule has 0 unspecified atom stereocenters. The monoisotopic (exact) mass is 334 g/mol. The Morgan fingerprint density at radius 1 is 1.22 bits per heavy atom. The third kappa shape index (κ3) is 3.05. The van der Waals surface area contributed by atoms with Crippen molar-refractivity contribution in [2.24, 2.45) is 0 Å². The summed E-state index contributed by atoms with van der Waals surface area (Å²) in [6, 6.07) is 9.84. The molecule has 2 aromatic carbocycles. The van der Waals surface area contributed by atoms with Crippen LogP contribution in [0, 0.1) is 5.82 Å². The van der Waals surface area contributed by atoms with Crippen LogP contribution in [-0.4, -0.2) is 20.9 Å². The minimum Gasteiger partial charge on any atom is -0.312 e. The van der Waals surface area contributed by atoms with E-state index in [4.69, 9.17) is 0 Å². The SMILES string of the molecule is CC(=O)N1CCc2cc(NS(=O)(=O)c3cccc(F)c3)ccc21. The summed E-state index contributed by atoms with van der Waals surface area (Å²) in [5.74, 6) is -0.657. The van der Waals surface area contributed by atoms with Gasteiger partial charge in [-0.15, -0.1) is 0 Å². The molecule has 0 spiro atoms. The Kier molecular flexibility index (Phi) is 3.81. The van der Waals surface area contributed by atoms with Gasteiger partial charge in [0.15, 0.2) is 0 Å². The average Bonchev–Trinajstić information content (AvgIpc) is 2.90. The lowest BCUT2D eigenvalue weighted by atomic mass is 10.1. The molecular formula is C16H15FN2O3S. The van der Waals surface area contributed by atoms with Crippen molar-refractivity contribution >= 4 is 27.3 Å². The summed E-state index contributed by atoms with van der Waals surface area (Å²) >= 11 is 0. The topological polar surface area (TPSA) is 66.5 Å². The molecule has 1 aliphatic heterocycles. The lowest BCUT2D eigenvalue weighted by Gasteiger charge is -2.15. The second-order valence-corrected chi connectivity index (χ2v) is 7.01. The van der Waals surface area contributed by atoms with Gasteiger partial charge in [0.05, 0.1) is 4.90 Å². The van der Waals surface area contributed by atoms with E-state index in [1.54, 1.807) is 23.1 Å². The minimum atomic E-state index is -3.85. The van der Waals surface area contributed by atoms with Crippen molar-refractivity contribution in [3.05, 3.63) is 53.8 Å². The number of carbonyl (C=O) groups excluding carboxylic acids is 1. The number of anilines is 2. The third-order valence-electron chi connectivity index (χ3n) is 3.71. The van der Waals surface area contributed by atoms with Gasteiger partial charge < -0.3 is 4.90 Å². The van der Waals surface area contributed by atoms with E-state index in [1.807, 2.05) is 0 Å². The molecule has 3 rings (SSSR count). The van der Waals surface area contributed by atoms with Crippen LogP contribution >= 0.6 is 0 Å². The predicted molar refractivity (Wildman–Crippen MR) is 85.4 cm³/mol. The van der Waals surface area contributed by atoms with Gasteiger partial charge in [-0.1, -0.05) is 6.07 Å². The van der Waals surface area contributed by atoms with Gasteiger partial charge in [-0.3, -0.25) is 9.52 Å². The van der Waals surface area contributed by atoms with E-state index in [0.29, 0.717) is 18.7 Å². The number of benzene rings is 2. The van der Waals surface area contributed by atoms with Crippen LogP contribution < -0.4 is 9.62 Å². The van der Waals surface area contributed by atoms with Crippen molar-refractivity contribution in [3.63, 3.8) is 0 Å². The Morgan fingerprint density at radius 3 is 2.70 bits per heavy atom. The molecule has 0 atom stereocenters. The van der Waals surface area contributed by atoms with Gasteiger partial charge in [-0.25, -0.2) is 12.8 Å². The standard InChI is InChI=1S/C16H15FN2O3S/c1-11(20)19-8-7-12-9-14(5-6-16(12)19)18-23(21,22)15-4-2-3-13(17)10-15/h2-6,9-10,18H,7-8H2,1H3. The van der Waals surface area contributed by atoms with Crippen molar-refractivity contribution in [3.8, 4) is 0 Å². The van der Waals surface area contributed by atoms with Crippen molar-refractivity contribution in [2.45, 2.75) is 18.2 Å². The Bertz CT molecular complexity index is 881. The first-order chi connectivity index (χ1) is 10.9. The molecule has 0 fully saturated rings. The van der Waals surface area contributed by atoms with Crippen molar-refractivity contribution in [1.82, 2.24) is 0 Å². The molecule has 120 valence electrons. The van der Waals surface area contributed by atoms with E-state index < -0.39 is 15.8 Å². The number of amides is 1. The number of halogens is 1. The Labute approximate surface area is 133 Å². The van der Waals surface area contributed by atoms with Crippen LogP contribution in [0.4, 0.5) is 15.8 Å². The van der Waals surface area contributed by atoms with E-state index in [0.717, 1.165) is 17.3 Å². The molecule has 23 heavy (non-hydrogen) atoms. The summed E-state index contributed by atoms with van der Waals surface area (Å²) in [5, 5.41) is 0. The number of rotatable bonds is 3. The van der Waals surface area contributed by atoms with Crippen LogP contribution in [0.15, 0.2) is 47.4 Å². The highest BCUT2D eigenvalue weighted by Crippen LogP contribution is 2.31. The van der Waals surface area contributed by atoms with Gasteiger partial charge in [-0.05, 0) is 48.4 Å². The molecule has 2 aromatic rings. The third-order valence-corrected chi connectivity index (χ3v) is 5.09. The molecule has 0 aromatic heterocycles. The van der Waals surface area contributed by atoms with E-state index in [1.165, 1.54) is 25.1 Å². The summed E-state index contributed by atoms with van der Waals surface area (Å²) < 4.78 is 40.2. The van der Waals surface area contributed by atoms with Crippen LogP contribution in [0.3, 0.4) is 0 Å². The van der Waals surface area contributed by atoms with Crippen LogP contribution in [0.1, 0.15) is 12.5 Å². The van der Waals surface area contributed by atoms with Crippen LogP contribution in [0.25, 0.3) is 0 Å². The van der Waals surface area contributed by atoms with E-state index in [-0.39, 0.29) is 10.8 Å². The summed E-state index contributed by atoms with van der Waals surface area (Å²) in [6.45, 7) is 2.08. The van der Waals surface area contributed by atoms with E-state index in [9.17, 15) is 17.6 Å². The maximum atomic E-state index is 13.2. The van der Waals surface area contributed by atoms with Crippen molar-refractivity contribution in [1.29, 1.82) is 0 Å². The zero-order chi connectivity index (χ0) is 16.6. The molecule has 1 aliphatic rings. The minimum absolute atomic E-state index is 0.0446. The van der Waals surface area contributed by atoms with Crippen molar-refractivity contribution < 1.29 is 17.6 Å². The molecule has 7 heteroatoms. The summed E-state index contributed by atoms with van der Waals surface area (Å²) in [5.41, 5.74) is 2.09. The molecule has 1 heterocycles. The zero-order valence-electron chi connectivity index (χ0n) is 12.4. The van der Waals surface area contributed by atoms with Gasteiger partial charge in [0.2, 0.25) is 5.91 Å². The number of carbonyl (C=O) groups is 1. The van der Waals surface area contributed by atoms with Gasteiger partial charge >= 0.3 is 0 Å². The molecular weight excluding hydrogens is 319 g/mol. The first-order valence-corrected chi connectivity index (χ1v) is 8.54. The van der Waals surface area contributed by atoms with Crippen LogP contribution in [0.2, 0.25) is 0 Å². The van der Waals surface area contributed by atoms with Gasteiger partial charge in [-0.2, -0.15) is 0 Å². The number of nitrogens with zero attached hydrogens (tertiary/aromatic N) is 1. The molecule has 5 nitrogen and oxygen atoms in total. The highest BCUT2D eigenvalue weighted by molar-refractivity contribution is 7.92. The number of nitrogens with one attached hydrogen (secondary N) is 1. The number of hydrogen-bond acceptors (Lipinski definition) is 3. The fraction of sp³-hybridized carbons (Fsp3) is 0.188. The van der Waals surface area contributed by atoms with E-state index >= 15 is 0 Å². The number of sulfonamides is 1.